The molecule has 0 aliphatic rings. The summed E-state index contributed by atoms with van der Waals surface area (Å²) in [7, 11) is 1.63. The second-order valence-corrected chi connectivity index (χ2v) is 2.03. The highest BCUT2D eigenvalue weighted by atomic mass is 19.1. The van der Waals surface area contributed by atoms with Crippen molar-refractivity contribution in [3.63, 3.8) is 0 Å². The van der Waals surface area contributed by atoms with Crippen molar-refractivity contribution >= 4 is 7.28 Å². The Bertz CT molecular complexity index is 51.3. The SMILES string of the molecule is C[B]C(F)(CC)CC. The predicted molar refractivity (Wildman–Crippen MR) is 36.0 cm³/mol. The van der Waals surface area contributed by atoms with Crippen LogP contribution in [0.1, 0.15) is 26.7 Å². The Labute approximate surface area is 51.7 Å². The highest BCUT2D eigenvalue weighted by Crippen LogP contribution is 2.17. The number of alkyl halides is 1. The van der Waals surface area contributed by atoms with Crippen LogP contribution in [0.15, 0.2) is 0 Å². The first-order chi connectivity index (χ1) is 3.68. The third-order valence-electron chi connectivity index (χ3n) is 1.69. The lowest BCUT2D eigenvalue weighted by molar-refractivity contribution is 0.255. The molecular weight excluding hydrogens is 102 g/mol. The second kappa shape index (κ2) is 3.11. The molecule has 0 bridgehead atoms. The van der Waals surface area contributed by atoms with Gasteiger partial charge in [-0.1, -0.05) is 20.7 Å². The minimum Gasteiger partial charge on any atom is -0.254 e. The van der Waals surface area contributed by atoms with Crippen LogP contribution in [0, 0.1) is 0 Å². The van der Waals surface area contributed by atoms with Gasteiger partial charge in [0.15, 0.2) is 7.28 Å². The quantitative estimate of drug-likeness (QED) is 0.494. The van der Waals surface area contributed by atoms with Gasteiger partial charge in [0.2, 0.25) is 0 Å². The van der Waals surface area contributed by atoms with E-state index in [4.69, 9.17) is 0 Å². The first-order valence-corrected chi connectivity index (χ1v) is 3.18. The molecule has 47 valence electrons. The summed E-state index contributed by atoms with van der Waals surface area (Å²) in [5.74, 6) is 0. The Morgan fingerprint density at radius 2 is 1.75 bits per heavy atom. The maximum absolute atomic E-state index is 12.9. The van der Waals surface area contributed by atoms with Crippen LogP contribution in [-0.2, 0) is 0 Å². The van der Waals surface area contributed by atoms with Gasteiger partial charge in [0, 0.05) is 0 Å². The van der Waals surface area contributed by atoms with Crippen molar-refractivity contribution < 1.29 is 4.39 Å². The van der Waals surface area contributed by atoms with Crippen LogP contribution in [0.4, 0.5) is 4.39 Å². The summed E-state index contributed by atoms with van der Waals surface area (Å²) in [6.45, 7) is 5.50. The third kappa shape index (κ3) is 1.85. The molecule has 1 radical (unpaired) electrons. The lowest BCUT2D eigenvalue weighted by atomic mass is 9.61. The van der Waals surface area contributed by atoms with Crippen LogP contribution in [0.2, 0.25) is 6.82 Å². The van der Waals surface area contributed by atoms with Gasteiger partial charge in [-0.25, -0.2) is 0 Å². The molecule has 0 saturated heterocycles. The number of hydrogen-bond acceptors (Lipinski definition) is 0. The van der Waals surface area contributed by atoms with E-state index >= 15 is 0 Å². The van der Waals surface area contributed by atoms with Crippen LogP contribution < -0.4 is 0 Å². The van der Waals surface area contributed by atoms with E-state index in [9.17, 15) is 4.39 Å². The minimum absolute atomic E-state index is 0.597. The smallest absolute Gasteiger partial charge is 0.157 e. The molecule has 0 nitrogen and oxygen atoms in total. The van der Waals surface area contributed by atoms with E-state index in [-0.39, 0.29) is 0 Å². The van der Waals surface area contributed by atoms with Crippen molar-refractivity contribution in [2.24, 2.45) is 0 Å². The molecule has 0 rings (SSSR count). The molecule has 0 aromatic carbocycles. The normalized spacial score (nSPS) is 11.5. The van der Waals surface area contributed by atoms with E-state index in [2.05, 4.69) is 0 Å². The van der Waals surface area contributed by atoms with E-state index in [0.29, 0.717) is 12.8 Å². The minimum atomic E-state index is -1.00. The second-order valence-electron chi connectivity index (χ2n) is 2.03. The van der Waals surface area contributed by atoms with Crippen LogP contribution >= 0.6 is 0 Å². The summed E-state index contributed by atoms with van der Waals surface area (Å²) in [6, 6.07) is 0. The number of hydrogen-bond donors (Lipinski definition) is 0. The summed E-state index contributed by atoms with van der Waals surface area (Å²) in [5, 5.41) is 0. The van der Waals surface area contributed by atoms with E-state index in [1.807, 2.05) is 13.8 Å². The number of halogens is 1. The summed E-state index contributed by atoms with van der Waals surface area (Å²) in [4.78, 5) is 0. The topological polar surface area (TPSA) is 0 Å². The van der Waals surface area contributed by atoms with Crippen LogP contribution in [0.5, 0.6) is 0 Å². The Balaban J connectivity index is 3.58. The zero-order valence-electron chi connectivity index (χ0n) is 5.87. The van der Waals surface area contributed by atoms with Gasteiger partial charge in [-0.3, -0.25) is 4.39 Å². The average Bonchev–Trinajstić information content (AvgIpc) is 1.87. The Morgan fingerprint density at radius 1 is 1.38 bits per heavy atom. The molecule has 0 unspecified atom stereocenters. The number of rotatable bonds is 3. The molecule has 0 aliphatic carbocycles. The monoisotopic (exact) mass is 115 g/mol. The maximum Gasteiger partial charge on any atom is 0.157 e. The van der Waals surface area contributed by atoms with Gasteiger partial charge in [0.25, 0.3) is 0 Å². The van der Waals surface area contributed by atoms with Gasteiger partial charge in [-0.15, -0.1) is 0 Å². The molecule has 2 heteroatoms. The van der Waals surface area contributed by atoms with Crippen molar-refractivity contribution in [1.82, 2.24) is 0 Å². The fourth-order valence-corrected chi connectivity index (χ4v) is 0.658. The van der Waals surface area contributed by atoms with Crippen LogP contribution in [0.25, 0.3) is 0 Å². The van der Waals surface area contributed by atoms with Crippen molar-refractivity contribution in [2.75, 3.05) is 0 Å². The molecule has 0 aromatic rings. The highest BCUT2D eigenvalue weighted by Gasteiger charge is 2.21. The molecule has 0 N–H and O–H groups in total. The zero-order valence-corrected chi connectivity index (χ0v) is 5.87. The summed E-state index contributed by atoms with van der Waals surface area (Å²) < 4.78 is 12.9. The molecule has 0 aliphatic heterocycles. The van der Waals surface area contributed by atoms with Gasteiger partial charge in [0.05, 0.1) is 5.57 Å². The Hall–Kier alpha value is -0.00506. The van der Waals surface area contributed by atoms with E-state index < -0.39 is 5.57 Å². The maximum atomic E-state index is 12.9. The Kier molecular flexibility index (Phi) is 3.11. The van der Waals surface area contributed by atoms with Gasteiger partial charge in [0.1, 0.15) is 0 Å². The molecule has 0 atom stereocenters. The lowest BCUT2D eigenvalue weighted by Crippen LogP contribution is -2.26. The summed E-state index contributed by atoms with van der Waals surface area (Å²) >= 11 is 0. The largest absolute Gasteiger partial charge is 0.254 e. The van der Waals surface area contributed by atoms with Gasteiger partial charge in [-0.05, 0) is 12.8 Å². The van der Waals surface area contributed by atoms with Crippen molar-refractivity contribution in [1.29, 1.82) is 0 Å². The zero-order chi connectivity index (χ0) is 6.62. The molecular formula is C6H13BF. The molecule has 0 saturated carbocycles. The molecule has 0 fully saturated rings. The molecule has 0 spiro atoms. The standard InChI is InChI=1S/C6H13BF/c1-4-6(8,5-2)7-3/h4-5H2,1-3H3. The average molecular weight is 115 g/mol. The fraction of sp³-hybridized carbons (Fsp3) is 1.00. The van der Waals surface area contributed by atoms with E-state index in [0.717, 1.165) is 0 Å². The van der Waals surface area contributed by atoms with Crippen LogP contribution in [0.3, 0.4) is 0 Å². The van der Waals surface area contributed by atoms with Gasteiger partial charge < -0.3 is 0 Å². The molecule has 8 heavy (non-hydrogen) atoms. The first-order valence-electron chi connectivity index (χ1n) is 3.18. The van der Waals surface area contributed by atoms with Crippen molar-refractivity contribution in [3.8, 4) is 0 Å². The lowest BCUT2D eigenvalue weighted by Gasteiger charge is -2.18. The summed E-state index contributed by atoms with van der Waals surface area (Å²) in [5.41, 5.74) is -1.00. The van der Waals surface area contributed by atoms with Gasteiger partial charge in [-0.2, -0.15) is 0 Å². The summed E-state index contributed by atoms with van der Waals surface area (Å²) in [6.07, 6.45) is 1.19. The van der Waals surface area contributed by atoms with Crippen LogP contribution in [-0.4, -0.2) is 12.8 Å². The fourth-order valence-electron chi connectivity index (χ4n) is 0.658. The van der Waals surface area contributed by atoms with E-state index in [1.54, 1.807) is 14.1 Å². The van der Waals surface area contributed by atoms with Crippen molar-refractivity contribution in [2.45, 2.75) is 39.1 Å². The van der Waals surface area contributed by atoms with E-state index in [1.165, 1.54) is 0 Å². The third-order valence-corrected chi connectivity index (χ3v) is 1.69. The van der Waals surface area contributed by atoms with Gasteiger partial charge >= 0.3 is 0 Å². The first kappa shape index (κ1) is 7.99. The molecule has 0 amide bonds. The van der Waals surface area contributed by atoms with Crippen molar-refractivity contribution in [3.05, 3.63) is 0 Å². The predicted octanol–water partition coefficient (Wildman–Crippen LogP) is 2.22. The highest BCUT2D eigenvalue weighted by molar-refractivity contribution is 6.37. The molecule has 0 aromatic heterocycles. The Morgan fingerprint density at radius 3 is 1.75 bits per heavy atom. The molecule has 0 heterocycles.